The largest absolute Gasteiger partial charge is 2.00 e. The zero-order chi connectivity index (χ0) is 21.6. The van der Waals surface area contributed by atoms with Crippen molar-refractivity contribution in [2.45, 2.75) is 0 Å². The molecule has 3 aliphatic rings. The number of rotatable bonds is 0. The van der Waals surface area contributed by atoms with Crippen molar-refractivity contribution in [3.05, 3.63) is 24.0 Å². The summed E-state index contributed by atoms with van der Waals surface area (Å²) >= 11 is 0. The van der Waals surface area contributed by atoms with Gasteiger partial charge in [0, 0.05) is 45.3 Å². The van der Waals surface area contributed by atoms with Crippen molar-refractivity contribution in [2.75, 3.05) is 105 Å². The molecule has 1 aromatic rings. The number of fused-ring (bicyclic) bond motifs is 18. The summed E-state index contributed by atoms with van der Waals surface area (Å²) in [6.07, 6.45) is 0. The van der Waals surface area contributed by atoms with Crippen molar-refractivity contribution in [3.8, 4) is 11.5 Å². The molecule has 1 fully saturated rings. The maximum Gasteiger partial charge on any atom is 2.00 e. The van der Waals surface area contributed by atoms with Crippen LogP contribution >= 0.6 is 0 Å². The average molecular weight is 665 g/mol. The average Bonchev–Trinajstić information content (AvgIpc) is 2.76. The van der Waals surface area contributed by atoms with Crippen LogP contribution in [0.1, 0.15) is 0 Å². The molecule has 1 saturated heterocycles. The van der Waals surface area contributed by atoms with Gasteiger partial charge in [-0.05, 0) is 12.1 Å². The molecule has 0 atom stereocenters. The van der Waals surface area contributed by atoms with Gasteiger partial charge in [-0.25, -0.2) is 4.39 Å². The molecule has 2 bridgehead atoms. The molecule has 0 spiro atoms. The summed E-state index contributed by atoms with van der Waals surface area (Å²) in [7, 11) is 0. The van der Waals surface area contributed by atoms with Crippen LogP contribution in [0.2, 0.25) is 0 Å². The van der Waals surface area contributed by atoms with Gasteiger partial charge >= 0.3 is 49.4 Å². The fourth-order valence-corrected chi connectivity index (χ4v) is 3.37. The van der Waals surface area contributed by atoms with Crippen LogP contribution < -0.4 is 34.3 Å². The number of halogens is 3. The Morgan fingerprint density at radius 1 is 0.529 bits per heavy atom. The van der Waals surface area contributed by atoms with E-state index in [1.165, 1.54) is 12.1 Å². The van der Waals surface area contributed by atoms with Crippen molar-refractivity contribution in [3.63, 3.8) is 0 Å². The molecular weight excluding hydrogens is 630 g/mol. The van der Waals surface area contributed by atoms with Gasteiger partial charge < -0.3 is 53.2 Å². The molecule has 0 N–H and O–H groups in total. The third-order valence-corrected chi connectivity index (χ3v) is 5.19. The Bertz CT molecular complexity index is 621. The van der Waals surface area contributed by atoms with Gasteiger partial charge in [-0.1, -0.05) is 0 Å². The van der Waals surface area contributed by atoms with Crippen molar-refractivity contribution in [1.82, 2.24) is 9.80 Å². The van der Waals surface area contributed by atoms with Crippen LogP contribution in [0.3, 0.4) is 0 Å². The van der Waals surface area contributed by atoms with E-state index in [9.17, 15) is 4.39 Å². The van der Waals surface area contributed by atoms with E-state index in [1.54, 1.807) is 6.07 Å². The zero-order valence-electron chi connectivity index (χ0n) is 19.4. The van der Waals surface area contributed by atoms with E-state index < -0.39 is 0 Å². The minimum atomic E-state index is -0.346. The molecule has 3 aliphatic heterocycles. The fraction of sp³-hybridized carbons (Fsp3) is 0.727. The molecular formula is C22H35Cl2EuFN2O6. The molecule has 3 heterocycles. The van der Waals surface area contributed by atoms with E-state index in [2.05, 4.69) is 9.80 Å². The SMILES string of the molecule is Fc1ccc2c(c1)OCCN1CCOCCOCCN(CCOCCOCC1)CCO2.[Cl-].[Cl-].[Eu+2]. The Labute approximate surface area is 255 Å². The molecule has 12 heteroatoms. The first-order valence-electron chi connectivity index (χ1n) is 11.1. The number of ether oxygens (including phenoxy) is 6. The predicted octanol–water partition coefficient (Wildman–Crippen LogP) is -4.71. The van der Waals surface area contributed by atoms with Crippen molar-refractivity contribution in [1.29, 1.82) is 0 Å². The van der Waals surface area contributed by atoms with E-state index in [0.717, 1.165) is 26.2 Å². The molecule has 0 aliphatic carbocycles. The minimum absolute atomic E-state index is 0. The van der Waals surface area contributed by atoms with Gasteiger partial charge in [-0.2, -0.15) is 0 Å². The summed E-state index contributed by atoms with van der Waals surface area (Å²) in [5, 5.41) is 0. The molecule has 8 nitrogen and oxygen atoms in total. The van der Waals surface area contributed by atoms with Crippen molar-refractivity contribution in [2.24, 2.45) is 0 Å². The second-order valence-electron chi connectivity index (χ2n) is 7.42. The molecule has 0 saturated carbocycles. The van der Waals surface area contributed by atoms with Gasteiger partial charge in [-0.15, -0.1) is 0 Å². The number of benzene rings is 1. The van der Waals surface area contributed by atoms with Crippen LogP contribution in [0, 0.1) is 55.2 Å². The Kier molecular flexibility index (Phi) is 22.2. The maximum absolute atomic E-state index is 13.8. The second-order valence-corrected chi connectivity index (χ2v) is 7.42. The monoisotopic (exact) mass is 665 g/mol. The van der Waals surface area contributed by atoms with Crippen LogP contribution in [0.25, 0.3) is 0 Å². The predicted molar refractivity (Wildman–Crippen MR) is 114 cm³/mol. The van der Waals surface area contributed by atoms with Gasteiger partial charge in [0.05, 0.1) is 52.9 Å². The molecule has 34 heavy (non-hydrogen) atoms. The third kappa shape index (κ3) is 14.4. The third-order valence-electron chi connectivity index (χ3n) is 5.19. The summed E-state index contributed by atoms with van der Waals surface area (Å²) in [4.78, 5) is 4.45. The maximum atomic E-state index is 13.8. The first-order valence-corrected chi connectivity index (χ1v) is 11.1. The van der Waals surface area contributed by atoms with E-state index in [-0.39, 0.29) is 80.0 Å². The van der Waals surface area contributed by atoms with Gasteiger partial charge in [0.15, 0.2) is 11.5 Å². The summed E-state index contributed by atoms with van der Waals surface area (Å²) < 4.78 is 48.5. The Hall–Kier alpha value is 0.674. The first kappa shape index (κ1) is 34.7. The van der Waals surface area contributed by atoms with Crippen molar-refractivity contribution < 1.29 is 107 Å². The van der Waals surface area contributed by atoms with Gasteiger partial charge in [0.1, 0.15) is 19.0 Å². The molecule has 1 radical (unpaired) electrons. The standard InChI is InChI=1S/C22H35FN2O6.2ClH.Eu/c23-20-1-2-21-22(19-20)31-14-8-25-5-11-28-17-15-26-9-3-24(7-13-30-21)4-10-27-16-18-29-12-6-25;;;/h1-2,19H,3-18H2;2*1H;/q;;;+2/p-2. The second kappa shape index (κ2) is 21.7. The molecule has 4 rings (SSSR count). The van der Waals surface area contributed by atoms with E-state index in [4.69, 9.17) is 28.4 Å². The molecule has 1 aromatic carbocycles. The van der Waals surface area contributed by atoms with Gasteiger partial charge in [0.25, 0.3) is 0 Å². The minimum Gasteiger partial charge on any atom is -1.00 e. The summed E-state index contributed by atoms with van der Waals surface area (Å²) in [5.41, 5.74) is 0. The van der Waals surface area contributed by atoms with Gasteiger partial charge in [-0.3, -0.25) is 9.80 Å². The van der Waals surface area contributed by atoms with Crippen LogP contribution in [-0.2, 0) is 18.9 Å². The van der Waals surface area contributed by atoms with Crippen LogP contribution in [0.15, 0.2) is 18.2 Å². The Morgan fingerprint density at radius 3 is 1.35 bits per heavy atom. The summed E-state index contributed by atoms with van der Waals surface area (Å²) in [6.45, 7) is 10.0. The quantitative estimate of drug-likeness (QED) is 0.275. The molecule has 0 unspecified atom stereocenters. The number of hydrogen-bond acceptors (Lipinski definition) is 8. The van der Waals surface area contributed by atoms with E-state index in [1.807, 2.05) is 0 Å². The topological polar surface area (TPSA) is 61.9 Å². The molecule has 0 amide bonds. The molecule has 0 aromatic heterocycles. The summed E-state index contributed by atoms with van der Waals surface area (Å²) in [6, 6.07) is 4.39. The Balaban J connectivity index is 0.00000363. The zero-order valence-corrected chi connectivity index (χ0v) is 23.3. The van der Waals surface area contributed by atoms with Crippen LogP contribution in [0.5, 0.6) is 11.5 Å². The fourth-order valence-electron chi connectivity index (χ4n) is 3.37. The van der Waals surface area contributed by atoms with Crippen LogP contribution in [0.4, 0.5) is 4.39 Å². The normalized spacial score (nSPS) is 23.8. The van der Waals surface area contributed by atoms with Gasteiger partial charge in [0.2, 0.25) is 0 Å². The van der Waals surface area contributed by atoms with Crippen molar-refractivity contribution >= 4 is 0 Å². The molecule has 197 valence electrons. The van der Waals surface area contributed by atoms with Crippen LogP contribution in [-0.4, -0.2) is 115 Å². The van der Waals surface area contributed by atoms with E-state index in [0.29, 0.717) is 90.7 Å². The Morgan fingerprint density at radius 2 is 0.912 bits per heavy atom. The smallest absolute Gasteiger partial charge is 1.00 e. The first-order chi connectivity index (χ1) is 15.3. The number of nitrogens with zero attached hydrogens (tertiary/aromatic N) is 2. The summed E-state index contributed by atoms with van der Waals surface area (Å²) in [5.74, 6) is 0.628. The number of hydrogen-bond donors (Lipinski definition) is 0. The van der Waals surface area contributed by atoms with E-state index >= 15 is 0 Å².